The first-order chi connectivity index (χ1) is 13.2. The summed E-state index contributed by atoms with van der Waals surface area (Å²) in [5.41, 5.74) is 5.16. The number of hydrogen-bond donors (Lipinski definition) is 2. The van der Waals surface area contributed by atoms with E-state index in [0.29, 0.717) is 24.2 Å². The van der Waals surface area contributed by atoms with Gasteiger partial charge in [0.25, 0.3) is 0 Å². The molecular weight excluding hydrogens is 375 g/mol. The number of benzene rings is 2. The quantitative estimate of drug-likeness (QED) is 0.500. The molecule has 2 rings (SSSR count). The molecule has 1 unspecified atom stereocenters. The van der Waals surface area contributed by atoms with Gasteiger partial charge in [-0.1, -0.05) is 31.2 Å². The molecule has 0 radical (unpaired) electrons. The van der Waals surface area contributed by atoms with Crippen LogP contribution in [-0.4, -0.2) is 22.8 Å². The first kappa shape index (κ1) is 22.1. The standard InChI is InChI=1S/C22H27O5P/c1-5-8-27-21(24)13-17-11-16(6-7-20(17)23)12-19-14(2)9-18(10-15(19)3)22(4,25)28-26/h6-7,9-11,23,25H,5,8,12-13H2,1-4H3. The van der Waals surface area contributed by atoms with Crippen LogP contribution < -0.4 is 0 Å². The third-order valence-corrected chi connectivity index (χ3v) is 5.36. The lowest BCUT2D eigenvalue weighted by Crippen LogP contribution is -2.13. The number of carbonyl (C=O) groups is 1. The molecule has 0 fully saturated rings. The molecule has 0 saturated heterocycles. The second-order valence-corrected chi connectivity index (χ2v) is 8.29. The SMILES string of the molecule is CCCOC(=O)Cc1cc(Cc2c(C)cc(C(C)(O)P=O)cc2C)ccc1O. The first-order valence-corrected chi connectivity index (χ1v) is 10.1. The summed E-state index contributed by atoms with van der Waals surface area (Å²) in [6.07, 6.45) is 1.40. The molecule has 28 heavy (non-hydrogen) atoms. The summed E-state index contributed by atoms with van der Waals surface area (Å²) in [7, 11) is -0.346. The van der Waals surface area contributed by atoms with Crippen LogP contribution >= 0.6 is 8.46 Å². The van der Waals surface area contributed by atoms with E-state index in [4.69, 9.17) is 4.74 Å². The molecule has 5 nitrogen and oxygen atoms in total. The highest BCUT2D eigenvalue weighted by molar-refractivity contribution is 7.25. The zero-order valence-electron chi connectivity index (χ0n) is 16.8. The van der Waals surface area contributed by atoms with Crippen molar-refractivity contribution in [2.45, 2.75) is 52.3 Å². The van der Waals surface area contributed by atoms with Gasteiger partial charge < -0.3 is 14.9 Å². The lowest BCUT2D eigenvalue weighted by atomic mass is 9.92. The summed E-state index contributed by atoms with van der Waals surface area (Å²) in [6.45, 7) is 7.72. The maximum Gasteiger partial charge on any atom is 0.310 e. The Kier molecular flexibility index (Phi) is 7.34. The van der Waals surface area contributed by atoms with Gasteiger partial charge in [0.1, 0.15) is 5.75 Å². The highest BCUT2D eigenvalue weighted by Crippen LogP contribution is 2.34. The monoisotopic (exact) mass is 402 g/mol. The van der Waals surface area contributed by atoms with Crippen molar-refractivity contribution in [3.05, 3.63) is 63.7 Å². The maximum absolute atomic E-state index is 11.9. The summed E-state index contributed by atoms with van der Waals surface area (Å²) < 4.78 is 16.3. The van der Waals surface area contributed by atoms with Gasteiger partial charge in [-0.2, -0.15) is 0 Å². The van der Waals surface area contributed by atoms with Crippen molar-refractivity contribution in [3.63, 3.8) is 0 Å². The predicted octanol–water partition coefficient (Wildman–Crippen LogP) is 4.55. The van der Waals surface area contributed by atoms with Crippen LogP contribution in [-0.2, 0) is 32.3 Å². The van der Waals surface area contributed by atoms with E-state index in [2.05, 4.69) is 0 Å². The number of phenols is 1. The molecule has 150 valence electrons. The molecule has 0 aliphatic heterocycles. The van der Waals surface area contributed by atoms with Gasteiger partial charge in [-0.15, -0.1) is 0 Å². The van der Waals surface area contributed by atoms with E-state index in [1.807, 2.05) is 45.0 Å². The Labute approximate surface area is 167 Å². The number of phenolic OH excluding ortho intramolecular Hbond substituents is 1. The minimum Gasteiger partial charge on any atom is -0.508 e. The summed E-state index contributed by atoms with van der Waals surface area (Å²) in [4.78, 5) is 11.9. The topological polar surface area (TPSA) is 83.8 Å². The van der Waals surface area contributed by atoms with Crippen molar-refractivity contribution in [3.8, 4) is 5.75 Å². The van der Waals surface area contributed by atoms with E-state index in [1.165, 1.54) is 6.92 Å². The van der Waals surface area contributed by atoms with Gasteiger partial charge in [-0.3, -0.25) is 9.36 Å². The van der Waals surface area contributed by atoms with Gasteiger partial charge in [-0.25, -0.2) is 0 Å². The zero-order chi connectivity index (χ0) is 20.9. The summed E-state index contributed by atoms with van der Waals surface area (Å²) in [5, 5.41) is 18.9. The van der Waals surface area contributed by atoms with E-state index in [1.54, 1.807) is 6.07 Å². The second-order valence-electron chi connectivity index (χ2n) is 7.24. The fourth-order valence-electron chi connectivity index (χ4n) is 3.12. The number of ether oxygens (including phenoxy) is 1. The Morgan fingerprint density at radius 1 is 1.18 bits per heavy atom. The largest absolute Gasteiger partial charge is 0.508 e. The normalized spacial score (nSPS) is 13.3. The Morgan fingerprint density at radius 2 is 1.82 bits per heavy atom. The summed E-state index contributed by atoms with van der Waals surface area (Å²) in [5.74, 6) is -0.281. The van der Waals surface area contributed by atoms with Crippen LogP contribution in [0.1, 0.15) is 53.6 Å². The molecule has 0 spiro atoms. The van der Waals surface area contributed by atoms with Crippen LogP contribution in [0, 0.1) is 13.8 Å². The first-order valence-electron chi connectivity index (χ1n) is 9.31. The molecule has 0 aliphatic rings. The van der Waals surface area contributed by atoms with Gasteiger partial charge >= 0.3 is 5.97 Å². The predicted molar refractivity (Wildman–Crippen MR) is 109 cm³/mol. The van der Waals surface area contributed by atoms with Gasteiger partial charge in [0.2, 0.25) is 0 Å². The van der Waals surface area contributed by atoms with E-state index >= 15 is 0 Å². The van der Waals surface area contributed by atoms with Crippen LogP contribution in [0.15, 0.2) is 30.3 Å². The Hall–Kier alpha value is -2.23. The average molecular weight is 402 g/mol. The van der Waals surface area contributed by atoms with Crippen LogP contribution in [0.3, 0.4) is 0 Å². The van der Waals surface area contributed by atoms with Crippen molar-refractivity contribution >= 4 is 14.4 Å². The van der Waals surface area contributed by atoms with Gasteiger partial charge in [0, 0.05) is 5.56 Å². The molecule has 0 bridgehead atoms. The molecular formula is C22H27O5P. The second kappa shape index (κ2) is 9.31. The third kappa shape index (κ3) is 5.40. The molecule has 2 N–H and O–H groups in total. The Morgan fingerprint density at radius 3 is 2.39 bits per heavy atom. The molecule has 6 heteroatoms. The van der Waals surface area contributed by atoms with E-state index < -0.39 is 5.34 Å². The average Bonchev–Trinajstić information content (AvgIpc) is 2.65. The molecule has 1 atom stereocenters. The van der Waals surface area contributed by atoms with Gasteiger partial charge in [0.05, 0.1) is 13.0 Å². The number of rotatable bonds is 8. The van der Waals surface area contributed by atoms with E-state index in [-0.39, 0.29) is 26.6 Å². The minimum atomic E-state index is -1.42. The zero-order valence-corrected chi connectivity index (χ0v) is 17.7. The van der Waals surface area contributed by atoms with Crippen molar-refractivity contribution in [2.24, 2.45) is 0 Å². The Balaban J connectivity index is 2.27. The number of aryl methyl sites for hydroxylation is 2. The third-order valence-electron chi connectivity index (χ3n) is 4.75. The molecule has 0 aromatic heterocycles. The number of aliphatic hydroxyl groups is 1. The van der Waals surface area contributed by atoms with Crippen molar-refractivity contribution in [1.82, 2.24) is 0 Å². The van der Waals surface area contributed by atoms with Crippen LogP contribution in [0.5, 0.6) is 5.75 Å². The molecule has 2 aromatic carbocycles. The number of esters is 1. The maximum atomic E-state index is 11.9. The number of aromatic hydroxyl groups is 1. The summed E-state index contributed by atoms with van der Waals surface area (Å²) in [6, 6.07) is 8.93. The van der Waals surface area contributed by atoms with E-state index in [0.717, 1.165) is 28.7 Å². The fourth-order valence-corrected chi connectivity index (χ4v) is 3.35. The lowest BCUT2D eigenvalue weighted by Gasteiger charge is -2.19. The van der Waals surface area contributed by atoms with Gasteiger partial charge in [0.15, 0.2) is 13.8 Å². The molecule has 0 heterocycles. The smallest absolute Gasteiger partial charge is 0.310 e. The molecule has 2 aromatic rings. The highest BCUT2D eigenvalue weighted by Gasteiger charge is 2.25. The number of carbonyl (C=O) groups excluding carboxylic acids is 1. The molecule has 0 aliphatic carbocycles. The Bertz CT molecular complexity index is 850. The van der Waals surface area contributed by atoms with Crippen molar-refractivity contribution in [2.75, 3.05) is 6.61 Å². The molecule has 0 saturated carbocycles. The van der Waals surface area contributed by atoms with Crippen molar-refractivity contribution in [1.29, 1.82) is 0 Å². The van der Waals surface area contributed by atoms with Crippen molar-refractivity contribution < 1.29 is 24.3 Å². The lowest BCUT2D eigenvalue weighted by molar-refractivity contribution is -0.142. The minimum absolute atomic E-state index is 0.0298. The van der Waals surface area contributed by atoms with E-state index in [9.17, 15) is 19.6 Å². The van der Waals surface area contributed by atoms with Crippen LogP contribution in [0.4, 0.5) is 0 Å². The molecule has 0 amide bonds. The fraction of sp³-hybridized carbons (Fsp3) is 0.409. The van der Waals surface area contributed by atoms with Crippen LogP contribution in [0.25, 0.3) is 0 Å². The van der Waals surface area contributed by atoms with Crippen LogP contribution in [0.2, 0.25) is 0 Å². The summed E-state index contributed by atoms with van der Waals surface area (Å²) >= 11 is 0. The van der Waals surface area contributed by atoms with Gasteiger partial charge in [-0.05, 0) is 67.5 Å². The highest BCUT2D eigenvalue weighted by atomic mass is 31.1. The number of hydrogen-bond acceptors (Lipinski definition) is 5.